The Morgan fingerprint density at radius 1 is 0.950 bits per heavy atom. The number of hydrogen-bond acceptors (Lipinski definition) is 3. The van der Waals surface area contributed by atoms with Crippen molar-refractivity contribution >= 4 is 0 Å². The summed E-state index contributed by atoms with van der Waals surface area (Å²) in [6.07, 6.45) is 0. The number of benzene rings is 2. The maximum Gasteiger partial charge on any atom is 0.165 e. The maximum atomic E-state index is 13.4. The first-order valence-corrected chi connectivity index (χ1v) is 6.30. The van der Waals surface area contributed by atoms with E-state index >= 15 is 0 Å². The fourth-order valence-corrected chi connectivity index (χ4v) is 2.16. The SMILES string of the molecule is COc1ccc(C(N)c2ccc(F)c(OC)c2)cc1C. The van der Waals surface area contributed by atoms with Gasteiger partial charge in [0, 0.05) is 0 Å². The van der Waals surface area contributed by atoms with E-state index < -0.39 is 5.82 Å². The van der Waals surface area contributed by atoms with Crippen LogP contribution in [-0.2, 0) is 0 Å². The Hall–Kier alpha value is -2.07. The van der Waals surface area contributed by atoms with Crippen LogP contribution in [0, 0.1) is 12.7 Å². The predicted octanol–water partition coefficient (Wildman–Crippen LogP) is 3.20. The van der Waals surface area contributed by atoms with Gasteiger partial charge in [-0.3, -0.25) is 0 Å². The quantitative estimate of drug-likeness (QED) is 0.932. The van der Waals surface area contributed by atoms with E-state index in [1.165, 1.54) is 13.2 Å². The van der Waals surface area contributed by atoms with Gasteiger partial charge < -0.3 is 15.2 Å². The third-order valence-electron chi connectivity index (χ3n) is 3.31. The van der Waals surface area contributed by atoms with Gasteiger partial charge in [0.15, 0.2) is 11.6 Å². The van der Waals surface area contributed by atoms with E-state index in [1.54, 1.807) is 19.2 Å². The highest BCUT2D eigenvalue weighted by atomic mass is 19.1. The number of ether oxygens (including phenoxy) is 2. The van der Waals surface area contributed by atoms with Crippen molar-refractivity contribution in [3.05, 3.63) is 58.9 Å². The van der Waals surface area contributed by atoms with Gasteiger partial charge in [0.05, 0.1) is 20.3 Å². The van der Waals surface area contributed by atoms with Crippen LogP contribution in [0.25, 0.3) is 0 Å². The maximum absolute atomic E-state index is 13.4. The Bertz CT molecular complexity index is 613. The summed E-state index contributed by atoms with van der Waals surface area (Å²) in [6.45, 7) is 1.96. The Balaban J connectivity index is 2.35. The molecule has 0 aromatic heterocycles. The molecule has 0 radical (unpaired) electrons. The van der Waals surface area contributed by atoms with Crippen molar-refractivity contribution in [1.29, 1.82) is 0 Å². The first-order valence-electron chi connectivity index (χ1n) is 6.30. The fourth-order valence-electron chi connectivity index (χ4n) is 2.16. The monoisotopic (exact) mass is 275 g/mol. The summed E-state index contributed by atoms with van der Waals surface area (Å²) in [7, 11) is 3.07. The lowest BCUT2D eigenvalue weighted by Crippen LogP contribution is -2.12. The second-order valence-electron chi connectivity index (χ2n) is 4.60. The first kappa shape index (κ1) is 14.3. The second-order valence-corrected chi connectivity index (χ2v) is 4.60. The van der Waals surface area contributed by atoms with E-state index in [2.05, 4.69) is 0 Å². The van der Waals surface area contributed by atoms with E-state index in [9.17, 15) is 4.39 Å². The molecule has 0 aliphatic rings. The molecule has 0 fully saturated rings. The van der Waals surface area contributed by atoms with Crippen molar-refractivity contribution in [3.8, 4) is 11.5 Å². The van der Waals surface area contributed by atoms with Crippen LogP contribution in [0.3, 0.4) is 0 Å². The van der Waals surface area contributed by atoms with Crippen molar-refractivity contribution in [2.75, 3.05) is 14.2 Å². The molecule has 0 bridgehead atoms. The van der Waals surface area contributed by atoms with Crippen LogP contribution in [0.2, 0.25) is 0 Å². The number of hydrogen-bond donors (Lipinski definition) is 1. The molecular formula is C16H18FNO2. The second kappa shape index (κ2) is 5.92. The Labute approximate surface area is 118 Å². The van der Waals surface area contributed by atoms with E-state index in [1.807, 2.05) is 25.1 Å². The molecule has 0 saturated carbocycles. The molecule has 106 valence electrons. The molecule has 0 amide bonds. The van der Waals surface area contributed by atoms with Crippen LogP contribution in [0.5, 0.6) is 11.5 Å². The third-order valence-corrected chi connectivity index (χ3v) is 3.31. The van der Waals surface area contributed by atoms with Crippen molar-refractivity contribution in [2.24, 2.45) is 5.73 Å². The van der Waals surface area contributed by atoms with Crippen LogP contribution in [0.4, 0.5) is 4.39 Å². The zero-order valence-electron chi connectivity index (χ0n) is 11.8. The number of rotatable bonds is 4. The molecule has 2 aromatic rings. The van der Waals surface area contributed by atoms with Crippen LogP contribution < -0.4 is 15.2 Å². The summed E-state index contributed by atoms with van der Waals surface area (Å²) in [5, 5.41) is 0. The molecule has 4 heteroatoms. The largest absolute Gasteiger partial charge is 0.496 e. The average molecular weight is 275 g/mol. The summed E-state index contributed by atoms with van der Waals surface area (Å²) in [4.78, 5) is 0. The molecule has 0 aliphatic carbocycles. The number of aryl methyl sites for hydroxylation is 1. The fraction of sp³-hybridized carbons (Fsp3) is 0.250. The molecule has 0 aliphatic heterocycles. The van der Waals surface area contributed by atoms with Crippen LogP contribution in [0.15, 0.2) is 36.4 Å². The molecule has 20 heavy (non-hydrogen) atoms. The molecular weight excluding hydrogens is 257 g/mol. The molecule has 2 N–H and O–H groups in total. The van der Waals surface area contributed by atoms with Crippen LogP contribution >= 0.6 is 0 Å². The molecule has 1 atom stereocenters. The number of methoxy groups -OCH3 is 2. The van der Waals surface area contributed by atoms with Gasteiger partial charge in [0.25, 0.3) is 0 Å². The van der Waals surface area contributed by atoms with Crippen LogP contribution in [-0.4, -0.2) is 14.2 Å². The van der Waals surface area contributed by atoms with E-state index in [0.717, 1.165) is 22.4 Å². The van der Waals surface area contributed by atoms with Crippen molar-refractivity contribution in [1.82, 2.24) is 0 Å². The van der Waals surface area contributed by atoms with Crippen LogP contribution in [0.1, 0.15) is 22.7 Å². The highest BCUT2D eigenvalue weighted by Gasteiger charge is 2.13. The lowest BCUT2D eigenvalue weighted by Gasteiger charge is -2.15. The van der Waals surface area contributed by atoms with Gasteiger partial charge in [0.2, 0.25) is 0 Å². The summed E-state index contributed by atoms with van der Waals surface area (Å²) >= 11 is 0. The topological polar surface area (TPSA) is 44.5 Å². The Morgan fingerprint density at radius 2 is 1.55 bits per heavy atom. The molecule has 1 unspecified atom stereocenters. The molecule has 0 heterocycles. The minimum Gasteiger partial charge on any atom is -0.496 e. The summed E-state index contributed by atoms with van der Waals surface area (Å²) in [5.41, 5.74) is 8.98. The smallest absolute Gasteiger partial charge is 0.165 e. The molecule has 0 saturated heterocycles. The zero-order valence-corrected chi connectivity index (χ0v) is 11.8. The standard InChI is InChI=1S/C16H18FNO2/c1-10-8-11(5-7-14(10)19-2)16(18)12-4-6-13(17)15(9-12)20-3/h4-9,16H,18H2,1-3H3. The Kier molecular flexibility index (Phi) is 4.25. The van der Waals surface area contributed by atoms with E-state index in [0.29, 0.717) is 0 Å². The van der Waals surface area contributed by atoms with Crippen molar-refractivity contribution in [2.45, 2.75) is 13.0 Å². The average Bonchev–Trinajstić information content (AvgIpc) is 2.47. The van der Waals surface area contributed by atoms with E-state index in [4.69, 9.17) is 15.2 Å². The molecule has 0 spiro atoms. The van der Waals surface area contributed by atoms with Gasteiger partial charge in [-0.25, -0.2) is 4.39 Å². The van der Waals surface area contributed by atoms with Gasteiger partial charge in [-0.05, 0) is 41.8 Å². The van der Waals surface area contributed by atoms with Gasteiger partial charge >= 0.3 is 0 Å². The highest BCUT2D eigenvalue weighted by Crippen LogP contribution is 2.28. The summed E-state index contributed by atoms with van der Waals surface area (Å²) in [5.74, 6) is 0.621. The highest BCUT2D eigenvalue weighted by molar-refractivity contribution is 5.42. The minimum atomic E-state index is -0.394. The number of nitrogens with two attached hydrogens (primary N) is 1. The zero-order chi connectivity index (χ0) is 14.7. The normalized spacial score (nSPS) is 12.1. The predicted molar refractivity (Wildman–Crippen MR) is 76.7 cm³/mol. The molecule has 2 rings (SSSR count). The number of halogens is 1. The van der Waals surface area contributed by atoms with Crippen molar-refractivity contribution in [3.63, 3.8) is 0 Å². The summed E-state index contributed by atoms with van der Waals surface area (Å²) < 4.78 is 23.6. The third kappa shape index (κ3) is 2.75. The summed E-state index contributed by atoms with van der Waals surface area (Å²) in [6, 6.07) is 10.1. The molecule has 2 aromatic carbocycles. The molecule has 3 nitrogen and oxygen atoms in total. The van der Waals surface area contributed by atoms with Gasteiger partial charge in [-0.15, -0.1) is 0 Å². The first-order chi connectivity index (χ1) is 9.56. The van der Waals surface area contributed by atoms with Gasteiger partial charge in [-0.1, -0.05) is 18.2 Å². The van der Waals surface area contributed by atoms with E-state index in [-0.39, 0.29) is 11.8 Å². The van der Waals surface area contributed by atoms with Gasteiger partial charge in [0.1, 0.15) is 5.75 Å². The lowest BCUT2D eigenvalue weighted by molar-refractivity contribution is 0.385. The lowest BCUT2D eigenvalue weighted by atomic mass is 9.97. The minimum absolute atomic E-state index is 0.197. The Morgan fingerprint density at radius 3 is 2.15 bits per heavy atom. The van der Waals surface area contributed by atoms with Crippen molar-refractivity contribution < 1.29 is 13.9 Å². The van der Waals surface area contributed by atoms with Gasteiger partial charge in [-0.2, -0.15) is 0 Å².